The fraction of sp³-hybridized carbons (Fsp3) is 0. The maximum Gasteiger partial charge on any atom is 0.136 e. The standard InChI is InChI=1S/C42H26O.C36H22O/c1-2-10-28(11-3-1)41-34-14-6-8-16-36(34)42(37-17-9-7-15-35(37)41)29-20-18-27(19-21-29)32-22-23-33-38-24-30-12-4-5-13-31(30)25-40(38)43-39(33)26-32;1-2-10-23(11-3-1)35-28-14-6-8-16-30(28)36(31-17-9-7-15-29(31)35)26-18-19-27-32-20-24-12-4-5-13-25(24)21-34(32)37-33(27)22-26/h1-26H;1-22H/i1D,2D,3D,4D,5D,6D,7D,8D,9D,10D,11D,12D,13D,14D,15D,16D,17D,18D,19D,20D,21D,22D,23D,24D,25D,26D;1D,2D,3D,4D,5D,6D,7D,8D,9D,10D,11D,12D,13D,14D,15D,16D,17D,18D,19D,20D,21D. The molecule has 0 aliphatic rings. The first kappa shape index (κ1) is 18.8. The second kappa shape index (κ2) is 18.6. The van der Waals surface area contributed by atoms with E-state index in [2.05, 4.69) is 0 Å². The second-order valence-electron chi connectivity index (χ2n) is 17.4. The van der Waals surface area contributed by atoms with Crippen molar-refractivity contribution < 1.29 is 73.3 Å². The summed E-state index contributed by atoms with van der Waals surface area (Å²) in [6.45, 7) is 0. The summed E-state index contributed by atoms with van der Waals surface area (Å²) >= 11 is 0. The Morgan fingerprint density at radius 2 is 0.475 bits per heavy atom. The van der Waals surface area contributed by atoms with E-state index in [0.717, 1.165) is 6.07 Å². The minimum atomic E-state index is -1.06. The van der Waals surface area contributed by atoms with Gasteiger partial charge in [0.15, 0.2) is 0 Å². The molecule has 2 heterocycles. The molecule has 372 valence electrons. The summed E-state index contributed by atoms with van der Waals surface area (Å²) in [7, 11) is 0. The van der Waals surface area contributed by atoms with Crippen LogP contribution in [0.25, 0.3) is 164 Å². The average Bonchev–Trinajstić information content (AvgIpc) is 1.53. The third-order valence-corrected chi connectivity index (χ3v) is 13.0. The van der Waals surface area contributed by atoms with Crippen LogP contribution in [0.15, 0.2) is 299 Å². The van der Waals surface area contributed by atoms with Crippen molar-refractivity contribution in [1.29, 1.82) is 0 Å². The first-order valence-electron chi connectivity index (χ1n) is 47.1. The fourth-order valence-corrected chi connectivity index (χ4v) is 9.61. The molecular weight excluding hydrogens is 969 g/mol. The van der Waals surface area contributed by atoms with Gasteiger partial charge in [-0.05, 0) is 169 Å². The van der Waals surface area contributed by atoms with Gasteiger partial charge in [-0.2, -0.15) is 0 Å². The van der Waals surface area contributed by atoms with Gasteiger partial charge in [-0.1, -0.05) is 242 Å². The molecule has 2 aromatic heterocycles. The average molecular weight is 1060 g/mol. The van der Waals surface area contributed by atoms with Crippen LogP contribution in [0.4, 0.5) is 0 Å². The summed E-state index contributed by atoms with van der Waals surface area (Å²) in [5.74, 6) is 0. The van der Waals surface area contributed by atoms with Crippen LogP contribution in [0, 0.1) is 0 Å². The van der Waals surface area contributed by atoms with Crippen molar-refractivity contribution in [2.24, 2.45) is 0 Å². The van der Waals surface area contributed by atoms with Gasteiger partial charge >= 0.3 is 0 Å². The van der Waals surface area contributed by atoms with Gasteiger partial charge in [-0.3, -0.25) is 0 Å². The van der Waals surface area contributed by atoms with E-state index in [9.17, 15) is 12.3 Å². The van der Waals surface area contributed by atoms with Gasteiger partial charge in [-0.15, -0.1) is 0 Å². The van der Waals surface area contributed by atoms with E-state index in [-0.39, 0.29) is 43.7 Å². The second-order valence-corrected chi connectivity index (χ2v) is 17.4. The number of hydrogen-bond acceptors (Lipinski definition) is 2. The highest BCUT2D eigenvalue weighted by Crippen LogP contribution is 2.47. The normalized spacial score (nSPS) is 20.0. The lowest BCUT2D eigenvalue weighted by molar-refractivity contribution is 0.669. The van der Waals surface area contributed by atoms with Crippen LogP contribution < -0.4 is 0 Å². The third kappa shape index (κ3) is 7.49. The predicted molar refractivity (Wildman–Crippen MR) is 340 cm³/mol. The van der Waals surface area contributed by atoms with Crippen LogP contribution >= 0.6 is 0 Å². The van der Waals surface area contributed by atoms with E-state index in [1.54, 1.807) is 0 Å². The summed E-state index contributed by atoms with van der Waals surface area (Å²) in [5, 5.41) is -7.51. The van der Waals surface area contributed by atoms with Gasteiger partial charge < -0.3 is 8.83 Å². The first-order chi connectivity index (χ1) is 59.3. The number of furan rings is 2. The maximum atomic E-state index is 9.46. The molecule has 0 spiro atoms. The molecule has 80 heavy (non-hydrogen) atoms. The topological polar surface area (TPSA) is 26.3 Å². The van der Waals surface area contributed by atoms with Crippen LogP contribution in [-0.2, 0) is 0 Å². The van der Waals surface area contributed by atoms with E-state index in [4.69, 9.17) is 60.9 Å². The smallest absolute Gasteiger partial charge is 0.136 e. The molecule has 17 aromatic rings. The molecule has 15 aromatic carbocycles. The Hall–Kier alpha value is -10.5. The molecule has 0 radical (unpaired) electrons. The summed E-state index contributed by atoms with van der Waals surface area (Å²) in [4.78, 5) is 0. The molecule has 17 rings (SSSR count). The summed E-state index contributed by atoms with van der Waals surface area (Å²) < 4.78 is 426. The molecule has 0 fully saturated rings. The molecule has 0 saturated carbocycles. The van der Waals surface area contributed by atoms with Gasteiger partial charge in [0, 0.05) is 21.5 Å². The number of rotatable bonds is 5. The molecule has 2 nitrogen and oxygen atoms in total. The van der Waals surface area contributed by atoms with Crippen LogP contribution in [-0.4, -0.2) is 0 Å². The molecule has 0 aliphatic carbocycles. The van der Waals surface area contributed by atoms with Crippen molar-refractivity contribution in [2.75, 3.05) is 0 Å². The Morgan fingerprint density at radius 1 is 0.188 bits per heavy atom. The van der Waals surface area contributed by atoms with Gasteiger partial charge in [0.1, 0.15) is 22.3 Å². The zero-order valence-electron chi connectivity index (χ0n) is 86.9. The fourth-order valence-electron chi connectivity index (χ4n) is 9.61. The lowest BCUT2D eigenvalue weighted by Crippen LogP contribution is -1.90. The molecule has 0 amide bonds. The van der Waals surface area contributed by atoms with Crippen molar-refractivity contribution in [3.8, 4) is 55.6 Å². The van der Waals surface area contributed by atoms with E-state index >= 15 is 0 Å². The Bertz CT molecular complexity index is 7960. The molecule has 0 N–H and O–H groups in total. The van der Waals surface area contributed by atoms with Crippen LogP contribution in [0.5, 0.6) is 0 Å². The molecule has 0 bridgehead atoms. The van der Waals surface area contributed by atoms with Crippen LogP contribution in [0.3, 0.4) is 0 Å². The number of benzene rings is 15. The van der Waals surface area contributed by atoms with Crippen molar-refractivity contribution in [2.45, 2.75) is 0 Å². The lowest BCUT2D eigenvalue weighted by Gasteiger charge is -2.18. The van der Waals surface area contributed by atoms with Crippen LogP contribution in [0.1, 0.15) is 64.4 Å². The number of fused-ring (bicyclic) bond motifs is 12. The highest BCUT2D eigenvalue weighted by atomic mass is 16.3. The lowest BCUT2D eigenvalue weighted by atomic mass is 9.86. The quantitative estimate of drug-likeness (QED) is 0.161. The predicted octanol–water partition coefficient (Wildman–Crippen LogP) is 22.4. The molecule has 2 heteroatoms. The molecule has 0 atom stereocenters. The Balaban J connectivity index is 0.000000190. The van der Waals surface area contributed by atoms with Crippen LogP contribution in [0.2, 0.25) is 0 Å². The number of hydrogen-bond donors (Lipinski definition) is 0. The van der Waals surface area contributed by atoms with Gasteiger partial charge in [0.2, 0.25) is 0 Å². The van der Waals surface area contributed by atoms with Crippen molar-refractivity contribution in [3.63, 3.8) is 0 Å². The summed E-state index contributed by atoms with van der Waals surface area (Å²) in [6, 6.07) is -37.6. The van der Waals surface area contributed by atoms with Crippen molar-refractivity contribution >= 4 is 109 Å². The minimum absolute atomic E-state index is 0.232. The monoisotopic (exact) mass is 1060 g/mol. The Morgan fingerprint density at radius 3 is 0.900 bits per heavy atom. The highest BCUT2D eigenvalue weighted by Gasteiger charge is 2.20. The zero-order chi connectivity index (χ0) is 93.6. The third-order valence-electron chi connectivity index (χ3n) is 13.0. The largest absolute Gasteiger partial charge is 0.456 e. The van der Waals surface area contributed by atoms with E-state index in [1.165, 1.54) is 0 Å². The maximum absolute atomic E-state index is 9.46. The van der Waals surface area contributed by atoms with Crippen molar-refractivity contribution in [1.82, 2.24) is 0 Å². The van der Waals surface area contributed by atoms with Gasteiger partial charge in [0.25, 0.3) is 0 Å². The van der Waals surface area contributed by atoms with E-state index in [1.807, 2.05) is 0 Å². The van der Waals surface area contributed by atoms with Crippen molar-refractivity contribution in [3.05, 3.63) is 290 Å². The Labute approximate surface area is 527 Å². The highest BCUT2D eigenvalue weighted by molar-refractivity contribution is 6.23. The summed E-state index contributed by atoms with van der Waals surface area (Å²) in [6.07, 6.45) is 0. The van der Waals surface area contributed by atoms with E-state index in [0.29, 0.717) is 0 Å². The molecular formula is C78H48O2. The Kier molecular flexibility index (Phi) is 4.38. The van der Waals surface area contributed by atoms with Gasteiger partial charge in [0.05, 0.1) is 64.4 Å². The molecule has 0 saturated heterocycles. The molecule has 0 aliphatic heterocycles. The minimum Gasteiger partial charge on any atom is -0.456 e. The summed E-state index contributed by atoms with van der Waals surface area (Å²) in [5.41, 5.74) is -8.19. The first-order valence-corrected chi connectivity index (χ1v) is 23.6. The zero-order valence-corrected chi connectivity index (χ0v) is 39.9. The molecule has 0 unspecified atom stereocenters. The SMILES string of the molecule is [2H]c1c([2H])c([2H])c(-c2c3c([2H])c([2H])c([2H])c([2H])c3c(-c3c([2H])c([2H])c(-c4c([2H])c([2H])c5c(oc6c([2H])c7c([2H])c([2H])c([2H])c([2H])c7c([2H])c65)c4[2H])c([2H])c3[2H])c3c([2H])c([2H])c([2H])c([2H])c23)c([2H])c1[2H].[2H]c1c([2H])c([2H])c(-c2c3c([2H])c([2H])c([2H])c([2H])c3c(-c3cc4oc5c([2H])c6c([2H])c([2H])c([2H])c([2H])c6c([2H])c5c4c([2H])c3[2H])c3c([2H])c([2H])c([2H])c([2H])c23)c([2H])c1[2H]. The van der Waals surface area contributed by atoms with E-state index < -0.39 is 404 Å². The van der Waals surface area contributed by atoms with Gasteiger partial charge in [-0.25, -0.2) is 0 Å².